The molecule has 0 aliphatic heterocycles. The number of hydrogen-bond acceptors (Lipinski definition) is 2. The molecular weight excluding hydrogens is 152 g/mol. The van der Waals surface area contributed by atoms with Crippen LogP contribution in [-0.2, 0) is 4.79 Å². The Balaban J connectivity index is 0. The molecule has 0 aliphatic rings. The first-order valence-electron chi connectivity index (χ1n) is 4.22. The molecule has 0 spiro atoms. The first kappa shape index (κ1) is 13.7. The predicted octanol–water partition coefficient (Wildman–Crippen LogP) is 0.876. The molecule has 0 fully saturated rings. The van der Waals surface area contributed by atoms with Gasteiger partial charge in [-0.3, -0.25) is 4.79 Å². The van der Waals surface area contributed by atoms with E-state index in [4.69, 9.17) is 0 Å². The second kappa shape index (κ2) is 10.2. The molecule has 0 unspecified atom stereocenters. The van der Waals surface area contributed by atoms with Crippen molar-refractivity contribution in [1.82, 2.24) is 10.2 Å². The largest absolute Gasteiger partial charge is 0.351 e. The van der Waals surface area contributed by atoms with Gasteiger partial charge in [0.15, 0.2) is 0 Å². The van der Waals surface area contributed by atoms with E-state index in [0.29, 0.717) is 6.54 Å². The van der Waals surface area contributed by atoms with Crippen LogP contribution in [0.15, 0.2) is 12.7 Å². The zero-order chi connectivity index (χ0) is 9.98. The van der Waals surface area contributed by atoms with Crippen molar-refractivity contribution in [3.8, 4) is 0 Å². The van der Waals surface area contributed by atoms with Crippen LogP contribution in [0.3, 0.4) is 0 Å². The predicted molar refractivity (Wildman–Crippen MR) is 53.1 cm³/mol. The van der Waals surface area contributed by atoms with Gasteiger partial charge in [-0.2, -0.15) is 0 Å². The average Bonchev–Trinajstić information content (AvgIpc) is 2.07. The van der Waals surface area contributed by atoms with Gasteiger partial charge in [-0.05, 0) is 20.2 Å². The molecule has 1 N–H and O–H groups in total. The third-order valence-electron chi connectivity index (χ3n) is 1.04. The number of hydrogen-bond donors (Lipinski definition) is 1. The number of nitrogens with one attached hydrogen (secondary N) is 1. The molecule has 12 heavy (non-hydrogen) atoms. The van der Waals surface area contributed by atoms with Gasteiger partial charge >= 0.3 is 0 Å². The number of likely N-dealkylation sites (N-methyl/N-ethyl adjacent to an activating group) is 1. The summed E-state index contributed by atoms with van der Waals surface area (Å²) in [5, 5.41) is 2.66. The van der Waals surface area contributed by atoms with Crippen LogP contribution in [0.25, 0.3) is 0 Å². The van der Waals surface area contributed by atoms with E-state index in [2.05, 4.69) is 11.9 Å². The van der Waals surface area contributed by atoms with Crippen molar-refractivity contribution in [3.05, 3.63) is 12.7 Å². The van der Waals surface area contributed by atoms with Gasteiger partial charge in [-0.15, -0.1) is 0 Å². The summed E-state index contributed by atoms with van der Waals surface area (Å²) in [6, 6.07) is 0. The minimum absolute atomic E-state index is 0.109. The molecule has 3 nitrogen and oxygen atoms in total. The maximum atomic E-state index is 10.5. The van der Waals surface area contributed by atoms with Crippen LogP contribution in [0.2, 0.25) is 0 Å². The van der Waals surface area contributed by atoms with E-state index in [-0.39, 0.29) is 5.91 Å². The smallest absolute Gasteiger partial charge is 0.243 e. The molecule has 0 saturated heterocycles. The molecule has 3 heteroatoms. The van der Waals surface area contributed by atoms with Gasteiger partial charge in [0.2, 0.25) is 5.91 Å². The van der Waals surface area contributed by atoms with Crippen LogP contribution < -0.4 is 5.32 Å². The lowest BCUT2D eigenvalue weighted by atomic mass is 10.5. The average molecular weight is 172 g/mol. The van der Waals surface area contributed by atoms with Gasteiger partial charge in [0, 0.05) is 13.1 Å². The molecule has 0 radical (unpaired) electrons. The fourth-order valence-corrected chi connectivity index (χ4v) is 0.475. The Morgan fingerprint density at radius 1 is 1.50 bits per heavy atom. The first-order valence-corrected chi connectivity index (χ1v) is 4.22. The van der Waals surface area contributed by atoms with E-state index >= 15 is 0 Å². The summed E-state index contributed by atoms with van der Waals surface area (Å²) >= 11 is 0. The highest BCUT2D eigenvalue weighted by molar-refractivity contribution is 5.86. The Labute approximate surface area is 75.4 Å². The number of amides is 1. The minimum atomic E-state index is -0.109. The van der Waals surface area contributed by atoms with Crippen molar-refractivity contribution >= 4 is 5.91 Å². The quantitative estimate of drug-likeness (QED) is 0.638. The fraction of sp³-hybridized carbons (Fsp3) is 0.667. The van der Waals surface area contributed by atoms with E-state index in [1.807, 2.05) is 32.8 Å². The summed E-state index contributed by atoms with van der Waals surface area (Å²) in [4.78, 5) is 12.5. The first-order chi connectivity index (χ1) is 5.66. The van der Waals surface area contributed by atoms with Crippen molar-refractivity contribution in [3.63, 3.8) is 0 Å². The van der Waals surface area contributed by atoms with Crippen molar-refractivity contribution in [1.29, 1.82) is 0 Å². The normalized spacial score (nSPS) is 8.42. The molecule has 0 aromatic rings. The van der Waals surface area contributed by atoms with Gasteiger partial charge in [0.25, 0.3) is 0 Å². The van der Waals surface area contributed by atoms with E-state index in [9.17, 15) is 4.79 Å². The zero-order valence-corrected chi connectivity index (χ0v) is 8.55. The molecule has 0 atom stereocenters. The topological polar surface area (TPSA) is 32.3 Å². The molecular formula is C9H20N2O. The fourth-order valence-electron chi connectivity index (χ4n) is 0.475. The molecule has 1 amide bonds. The lowest BCUT2D eigenvalue weighted by Crippen LogP contribution is -2.29. The Kier molecular flexibility index (Phi) is 11.6. The second-order valence-electron chi connectivity index (χ2n) is 2.30. The van der Waals surface area contributed by atoms with E-state index in [1.54, 1.807) is 0 Å². The highest BCUT2D eigenvalue weighted by atomic mass is 16.1. The summed E-state index contributed by atoms with van der Waals surface area (Å²) in [7, 11) is 3.92. The van der Waals surface area contributed by atoms with Crippen molar-refractivity contribution in [2.45, 2.75) is 13.8 Å². The Morgan fingerprint density at radius 3 is 2.33 bits per heavy atom. The highest BCUT2D eigenvalue weighted by Crippen LogP contribution is 1.71. The van der Waals surface area contributed by atoms with Crippen molar-refractivity contribution < 1.29 is 4.79 Å². The standard InChI is InChI=1S/C7H14N2O.C2H6/c1-4-7(10)8-5-6-9(2)3;1-2/h4H,1,5-6H2,2-3H3,(H,8,10);1-2H3. The maximum absolute atomic E-state index is 10.5. The SMILES string of the molecule is C=CC(=O)NCCN(C)C.CC. The van der Waals surface area contributed by atoms with Crippen molar-refractivity contribution in [2.24, 2.45) is 0 Å². The van der Waals surface area contributed by atoms with Gasteiger partial charge in [-0.25, -0.2) is 0 Å². The monoisotopic (exact) mass is 172 g/mol. The Bertz CT molecular complexity index is 122. The summed E-state index contributed by atoms with van der Waals surface area (Å²) in [5.41, 5.74) is 0. The van der Waals surface area contributed by atoms with Crippen LogP contribution in [0, 0.1) is 0 Å². The second-order valence-corrected chi connectivity index (χ2v) is 2.30. The molecule has 0 saturated carbocycles. The number of carbonyl (C=O) groups is 1. The van der Waals surface area contributed by atoms with Crippen LogP contribution in [0.1, 0.15) is 13.8 Å². The molecule has 0 aliphatic carbocycles. The lowest BCUT2D eigenvalue weighted by Gasteiger charge is -2.08. The molecule has 0 heterocycles. The molecule has 0 rings (SSSR count). The number of nitrogens with zero attached hydrogens (tertiary/aromatic N) is 1. The van der Waals surface area contributed by atoms with E-state index in [1.165, 1.54) is 6.08 Å². The van der Waals surface area contributed by atoms with Crippen molar-refractivity contribution in [2.75, 3.05) is 27.2 Å². The van der Waals surface area contributed by atoms with E-state index < -0.39 is 0 Å². The van der Waals surface area contributed by atoms with Gasteiger partial charge in [-0.1, -0.05) is 20.4 Å². The van der Waals surface area contributed by atoms with Crippen LogP contribution in [-0.4, -0.2) is 38.0 Å². The van der Waals surface area contributed by atoms with Crippen LogP contribution in [0.4, 0.5) is 0 Å². The molecule has 0 bridgehead atoms. The summed E-state index contributed by atoms with van der Waals surface area (Å²) in [6.07, 6.45) is 1.27. The van der Waals surface area contributed by atoms with Crippen LogP contribution in [0.5, 0.6) is 0 Å². The van der Waals surface area contributed by atoms with E-state index in [0.717, 1.165) is 6.54 Å². The van der Waals surface area contributed by atoms with Crippen LogP contribution >= 0.6 is 0 Å². The molecule has 0 aromatic carbocycles. The van der Waals surface area contributed by atoms with Gasteiger partial charge in [0.05, 0.1) is 0 Å². The third kappa shape index (κ3) is 11.9. The zero-order valence-electron chi connectivity index (χ0n) is 8.55. The minimum Gasteiger partial charge on any atom is -0.351 e. The van der Waals surface area contributed by atoms with Gasteiger partial charge in [0.1, 0.15) is 0 Å². The number of carbonyl (C=O) groups excluding carboxylic acids is 1. The number of rotatable bonds is 4. The maximum Gasteiger partial charge on any atom is 0.243 e. The Hall–Kier alpha value is -0.830. The third-order valence-corrected chi connectivity index (χ3v) is 1.04. The molecule has 0 aromatic heterocycles. The Morgan fingerprint density at radius 2 is 2.00 bits per heavy atom. The van der Waals surface area contributed by atoms with Gasteiger partial charge < -0.3 is 10.2 Å². The lowest BCUT2D eigenvalue weighted by molar-refractivity contribution is -0.116. The summed E-state index contributed by atoms with van der Waals surface area (Å²) in [6.45, 7) is 8.87. The summed E-state index contributed by atoms with van der Waals surface area (Å²) in [5.74, 6) is -0.109. The summed E-state index contributed by atoms with van der Waals surface area (Å²) < 4.78 is 0. The highest BCUT2D eigenvalue weighted by Gasteiger charge is 1.92. The molecule has 72 valence electrons.